The van der Waals surface area contributed by atoms with E-state index in [9.17, 15) is 4.79 Å². The molecule has 0 saturated carbocycles. The number of hydrogen-bond acceptors (Lipinski definition) is 2. The maximum Gasteiger partial charge on any atom is 0.212 e. The van der Waals surface area contributed by atoms with Gasteiger partial charge in [0.1, 0.15) is 5.69 Å². The molecule has 1 aromatic carbocycles. The molecule has 1 aromatic heterocycles. The van der Waals surface area contributed by atoms with Crippen LogP contribution in [0.25, 0.3) is 0 Å². The number of carbonyl (C=O) groups excluding carboxylic acids is 1. The zero-order valence-corrected chi connectivity index (χ0v) is 10.4. The van der Waals surface area contributed by atoms with Crippen LogP contribution >= 0.6 is 15.9 Å². The average molecular weight is 276 g/mol. The van der Waals surface area contributed by atoms with E-state index in [1.807, 2.05) is 31.2 Å². The van der Waals surface area contributed by atoms with Gasteiger partial charge in [0.05, 0.1) is 0 Å². The van der Waals surface area contributed by atoms with E-state index in [0.29, 0.717) is 11.3 Å². The van der Waals surface area contributed by atoms with Crippen molar-refractivity contribution in [2.75, 3.05) is 0 Å². The number of benzene rings is 1. The number of aromatic nitrogens is 1. The van der Waals surface area contributed by atoms with E-state index in [1.165, 1.54) is 0 Å². The molecule has 0 spiro atoms. The minimum absolute atomic E-state index is 0.0625. The van der Waals surface area contributed by atoms with Gasteiger partial charge in [-0.3, -0.25) is 9.78 Å². The van der Waals surface area contributed by atoms with Gasteiger partial charge in [-0.1, -0.05) is 34.1 Å². The van der Waals surface area contributed by atoms with Gasteiger partial charge in [-0.05, 0) is 30.7 Å². The Balaban J connectivity index is 2.40. The molecule has 0 bridgehead atoms. The van der Waals surface area contributed by atoms with E-state index in [-0.39, 0.29) is 5.78 Å². The molecular weight excluding hydrogens is 266 g/mol. The summed E-state index contributed by atoms with van der Waals surface area (Å²) in [6.45, 7) is 1.94. The molecule has 0 aliphatic rings. The maximum atomic E-state index is 12.1. The largest absolute Gasteiger partial charge is 0.287 e. The standard InChI is InChI=1S/C13H10BrNO/c1-9-6-7-12(15-8-9)13(16)10-4-2-3-5-11(10)14/h2-8H,1H3. The molecule has 0 radical (unpaired) electrons. The number of nitrogens with zero attached hydrogens (tertiary/aromatic N) is 1. The zero-order chi connectivity index (χ0) is 11.5. The number of rotatable bonds is 2. The highest BCUT2D eigenvalue weighted by Gasteiger charge is 2.12. The number of carbonyl (C=O) groups is 1. The van der Waals surface area contributed by atoms with Crippen molar-refractivity contribution in [1.29, 1.82) is 0 Å². The van der Waals surface area contributed by atoms with E-state index in [1.54, 1.807) is 18.3 Å². The van der Waals surface area contributed by atoms with Crippen molar-refractivity contribution in [1.82, 2.24) is 4.98 Å². The highest BCUT2D eigenvalue weighted by atomic mass is 79.9. The zero-order valence-electron chi connectivity index (χ0n) is 8.77. The number of ketones is 1. The molecule has 0 unspecified atom stereocenters. The fourth-order valence-electron chi connectivity index (χ4n) is 1.39. The van der Waals surface area contributed by atoms with Crippen LogP contribution in [-0.4, -0.2) is 10.8 Å². The van der Waals surface area contributed by atoms with Crippen LogP contribution in [0.5, 0.6) is 0 Å². The number of halogens is 1. The van der Waals surface area contributed by atoms with E-state index >= 15 is 0 Å². The lowest BCUT2D eigenvalue weighted by Crippen LogP contribution is -2.04. The third-order valence-corrected chi connectivity index (χ3v) is 2.95. The molecule has 16 heavy (non-hydrogen) atoms. The molecule has 0 atom stereocenters. The topological polar surface area (TPSA) is 30.0 Å². The highest BCUT2D eigenvalue weighted by molar-refractivity contribution is 9.10. The SMILES string of the molecule is Cc1ccc(C(=O)c2ccccc2Br)nc1. The summed E-state index contributed by atoms with van der Waals surface area (Å²) in [5.74, 6) is -0.0625. The second-order valence-electron chi connectivity index (χ2n) is 3.53. The number of aryl methyl sites for hydroxylation is 1. The van der Waals surface area contributed by atoms with Gasteiger partial charge in [0.2, 0.25) is 5.78 Å². The van der Waals surface area contributed by atoms with Gasteiger partial charge >= 0.3 is 0 Å². The van der Waals surface area contributed by atoms with Gasteiger partial charge in [0, 0.05) is 16.2 Å². The van der Waals surface area contributed by atoms with Gasteiger partial charge in [-0.2, -0.15) is 0 Å². The molecule has 0 saturated heterocycles. The van der Waals surface area contributed by atoms with Crippen molar-refractivity contribution in [2.24, 2.45) is 0 Å². The van der Waals surface area contributed by atoms with Gasteiger partial charge in [0.25, 0.3) is 0 Å². The first-order chi connectivity index (χ1) is 7.68. The molecule has 0 fully saturated rings. The summed E-state index contributed by atoms with van der Waals surface area (Å²) in [6, 6.07) is 11.0. The monoisotopic (exact) mass is 275 g/mol. The lowest BCUT2D eigenvalue weighted by molar-refractivity contribution is 0.103. The quantitative estimate of drug-likeness (QED) is 0.787. The lowest BCUT2D eigenvalue weighted by atomic mass is 10.1. The summed E-state index contributed by atoms with van der Waals surface area (Å²) in [6.07, 6.45) is 1.70. The molecule has 0 amide bonds. The van der Waals surface area contributed by atoms with Crippen molar-refractivity contribution in [2.45, 2.75) is 6.92 Å². The molecule has 0 aliphatic heterocycles. The van der Waals surface area contributed by atoms with Gasteiger partial charge in [-0.25, -0.2) is 0 Å². The molecule has 0 N–H and O–H groups in total. The van der Waals surface area contributed by atoms with E-state index in [0.717, 1.165) is 10.0 Å². The Labute approximate surface area is 102 Å². The number of pyridine rings is 1. The maximum absolute atomic E-state index is 12.1. The smallest absolute Gasteiger partial charge is 0.212 e. The molecule has 80 valence electrons. The second kappa shape index (κ2) is 4.58. The minimum Gasteiger partial charge on any atom is -0.287 e. The summed E-state index contributed by atoms with van der Waals surface area (Å²) in [5.41, 5.74) is 2.15. The van der Waals surface area contributed by atoms with Crippen molar-refractivity contribution >= 4 is 21.7 Å². The summed E-state index contributed by atoms with van der Waals surface area (Å²) in [5, 5.41) is 0. The molecule has 2 nitrogen and oxygen atoms in total. The molecule has 1 heterocycles. The Hall–Kier alpha value is -1.48. The van der Waals surface area contributed by atoms with Crippen molar-refractivity contribution < 1.29 is 4.79 Å². The van der Waals surface area contributed by atoms with Gasteiger partial charge in [0.15, 0.2) is 0 Å². The summed E-state index contributed by atoms with van der Waals surface area (Å²) in [7, 11) is 0. The summed E-state index contributed by atoms with van der Waals surface area (Å²) in [4.78, 5) is 16.2. The van der Waals surface area contributed by atoms with Crippen LogP contribution in [0.1, 0.15) is 21.6 Å². The summed E-state index contributed by atoms with van der Waals surface area (Å²) >= 11 is 3.36. The average Bonchev–Trinajstić information content (AvgIpc) is 2.30. The van der Waals surface area contributed by atoms with Crippen LogP contribution < -0.4 is 0 Å². The molecule has 0 aliphatic carbocycles. The van der Waals surface area contributed by atoms with Crippen LogP contribution in [-0.2, 0) is 0 Å². The van der Waals surface area contributed by atoms with E-state index in [2.05, 4.69) is 20.9 Å². The van der Waals surface area contributed by atoms with Gasteiger partial charge in [-0.15, -0.1) is 0 Å². The van der Waals surface area contributed by atoms with Crippen LogP contribution in [0.4, 0.5) is 0 Å². The Morgan fingerprint density at radius 1 is 1.19 bits per heavy atom. The first-order valence-corrected chi connectivity index (χ1v) is 5.69. The van der Waals surface area contributed by atoms with Crippen LogP contribution in [0.2, 0.25) is 0 Å². The molecule has 2 aromatic rings. The number of hydrogen-bond donors (Lipinski definition) is 0. The van der Waals surface area contributed by atoms with Crippen LogP contribution in [0.3, 0.4) is 0 Å². The van der Waals surface area contributed by atoms with Crippen molar-refractivity contribution in [3.63, 3.8) is 0 Å². The Morgan fingerprint density at radius 2 is 1.94 bits per heavy atom. The highest BCUT2D eigenvalue weighted by Crippen LogP contribution is 2.18. The third kappa shape index (κ3) is 2.19. The minimum atomic E-state index is -0.0625. The molecule has 3 heteroatoms. The van der Waals surface area contributed by atoms with E-state index in [4.69, 9.17) is 0 Å². The van der Waals surface area contributed by atoms with Crippen LogP contribution in [0.15, 0.2) is 47.1 Å². The van der Waals surface area contributed by atoms with Gasteiger partial charge < -0.3 is 0 Å². The molecule has 2 rings (SSSR count). The normalized spacial score (nSPS) is 10.1. The fraction of sp³-hybridized carbons (Fsp3) is 0.0769. The Morgan fingerprint density at radius 3 is 2.56 bits per heavy atom. The Bertz CT molecular complexity index is 520. The van der Waals surface area contributed by atoms with Crippen LogP contribution in [0, 0.1) is 6.92 Å². The molecular formula is C13H10BrNO. The predicted molar refractivity (Wildman–Crippen MR) is 66.5 cm³/mol. The second-order valence-corrected chi connectivity index (χ2v) is 4.38. The van der Waals surface area contributed by atoms with Crippen molar-refractivity contribution in [3.05, 3.63) is 63.9 Å². The first kappa shape index (κ1) is 11.0. The third-order valence-electron chi connectivity index (χ3n) is 2.26. The Kier molecular flexibility index (Phi) is 3.15. The predicted octanol–water partition coefficient (Wildman–Crippen LogP) is 3.38. The van der Waals surface area contributed by atoms with Crippen molar-refractivity contribution in [3.8, 4) is 0 Å². The fourth-order valence-corrected chi connectivity index (χ4v) is 1.85. The first-order valence-electron chi connectivity index (χ1n) is 4.90. The summed E-state index contributed by atoms with van der Waals surface area (Å²) < 4.78 is 0.794. The lowest BCUT2D eigenvalue weighted by Gasteiger charge is -2.02. The van der Waals surface area contributed by atoms with E-state index < -0.39 is 0 Å².